The van der Waals surface area contributed by atoms with Gasteiger partial charge in [-0.1, -0.05) is 24.3 Å². The second-order valence-electron chi connectivity index (χ2n) is 4.95. The summed E-state index contributed by atoms with van der Waals surface area (Å²) in [5.41, 5.74) is 2.64. The van der Waals surface area contributed by atoms with Gasteiger partial charge in [-0.15, -0.1) is 0 Å². The van der Waals surface area contributed by atoms with Crippen LogP contribution in [0, 0.1) is 0 Å². The Morgan fingerprint density at radius 3 is 3.00 bits per heavy atom. The van der Waals surface area contributed by atoms with Crippen molar-refractivity contribution in [1.29, 1.82) is 0 Å². The highest BCUT2D eigenvalue weighted by atomic mass is 16.1. The molecule has 0 saturated heterocycles. The van der Waals surface area contributed by atoms with Crippen LogP contribution in [0.3, 0.4) is 0 Å². The minimum atomic E-state index is 0.142. The lowest BCUT2D eigenvalue weighted by Crippen LogP contribution is -2.35. The largest absolute Gasteiger partial charge is 0.354 e. The molecule has 1 aromatic rings. The summed E-state index contributed by atoms with van der Waals surface area (Å²) >= 11 is 0. The quantitative estimate of drug-likeness (QED) is 0.834. The van der Waals surface area contributed by atoms with Crippen molar-refractivity contribution in [3.8, 4) is 0 Å². The van der Waals surface area contributed by atoms with Crippen molar-refractivity contribution in [2.75, 3.05) is 6.54 Å². The molecule has 3 heteroatoms. The van der Waals surface area contributed by atoms with Gasteiger partial charge in [0.1, 0.15) is 0 Å². The first-order chi connectivity index (χ1) is 8.16. The molecular weight excluding hydrogens is 212 g/mol. The summed E-state index contributed by atoms with van der Waals surface area (Å²) in [6, 6.07) is 8.60. The zero-order valence-corrected chi connectivity index (χ0v) is 10.5. The predicted molar refractivity (Wildman–Crippen MR) is 68.8 cm³/mol. The van der Waals surface area contributed by atoms with Crippen molar-refractivity contribution in [1.82, 2.24) is 10.6 Å². The summed E-state index contributed by atoms with van der Waals surface area (Å²) in [5.74, 6) is 0.446. The van der Waals surface area contributed by atoms with Crippen LogP contribution in [0.15, 0.2) is 24.3 Å². The average molecular weight is 232 g/mol. The summed E-state index contributed by atoms with van der Waals surface area (Å²) < 4.78 is 0. The van der Waals surface area contributed by atoms with Gasteiger partial charge >= 0.3 is 0 Å². The second-order valence-corrected chi connectivity index (χ2v) is 4.95. The zero-order chi connectivity index (χ0) is 12.3. The molecule has 1 aromatic carbocycles. The second kappa shape index (κ2) is 5.32. The van der Waals surface area contributed by atoms with E-state index in [1.807, 2.05) is 13.8 Å². The first-order valence-electron chi connectivity index (χ1n) is 6.24. The van der Waals surface area contributed by atoms with Crippen LogP contribution in [-0.4, -0.2) is 18.5 Å². The van der Waals surface area contributed by atoms with Crippen molar-refractivity contribution in [3.05, 3.63) is 35.4 Å². The van der Waals surface area contributed by atoms with E-state index in [-0.39, 0.29) is 11.9 Å². The normalized spacial score (nSPS) is 18.9. The monoisotopic (exact) mass is 232 g/mol. The van der Waals surface area contributed by atoms with Crippen LogP contribution in [0.5, 0.6) is 0 Å². The smallest absolute Gasteiger partial charge is 0.220 e. The molecule has 0 aliphatic carbocycles. The molecule has 1 atom stereocenters. The van der Waals surface area contributed by atoms with Gasteiger partial charge in [0.2, 0.25) is 5.91 Å². The number of hydrogen-bond donors (Lipinski definition) is 2. The first-order valence-corrected chi connectivity index (χ1v) is 6.24. The van der Waals surface area contributed by atoms with Crippen molar-refractivity contribution in [2.24, 2.45) is 0 Å². The van der Waals surface area contributed by atoms with Crippen LogP contribution >= 0.6 is 0 Å². The molecule has 1 amide bonds. The van der Waals surface area contributed by atoms with Gasteiger partial charge in [0, 0.05) is 31.5 Å². The Balaban J connectivity index is 2.06. The van der Waals surface area contributed by atoms with Gasteiger partial charge in [-0.3, -0.25) is 4.79 Å². The third-order valence-corrected chi connectivity index (χ3v) is 3.08. The third-order valence-electron chi connectivity index (χ3n) is 3.08. The number of carbonyl (C=O) groups is 1. The number of nitrogens with one attached hydrogen (secondary N) is 2. The SMILES string of the molecule is CC(C)NC(=O)CC1CNCc2ccccc21. The average Bonchev–Trinajstić information content (AvgIpc) is 2.28. The third kappa shape index (κ3) is 3.07. The van der Waals surface area contributed by atoms with Crippen LogP contribution in [0.4, 0.5) is 0 Å². The zero-order valence-electron chi connectivity index (χ0n) is 10.5. The van der Waals surface area contributed by atoms with E-state index in [1.165, 1.54) is 11.1 Å². The minimum Gasteiger partial charge on any atom is -0.354 e. The number of fused-ring (bicyclic) bond motifs is 1. The Kier molecular flexibility index (Phi) is 3.79. The van der Waals surface area contributed by atoms with E-state index >= 15 is 0 Å². The van der Waals surface area contributed by atoms with E-state index in [1.54, 1.807) is 0 Å². The molecule has 0 radical (unpaired) electrons. The highest BCUT2D eigenvalue weighted by molar-refractivity contribution is 5.77. The van der Waals surface area contributed by atoms with E-state index in [4.69, 9.17) is 0 Å². The molecule has 1 aliphatic rings. The van der Waals surface area contributed by atoms with Gasteiger partial charge in [0.05, 0.1) is 0 Å². The van der Waals surface area contributed by atoms with E-state index in [2.05, 4.69) is 34.9 Å². The maximum atomic E-state index is 11.8. The Morgan fingerprint density at radius 2 is 2.24 bits per heavy atom. The standard InChI is InChI=1S/C14H20N2O/c1-10(2)16-14(17)7-12-9-15-8-11-5-3-4-6-13(11)12/h3-6,10,12,15H,7-9H2,1-2H3,(H,16,17). The first kappa shape index (κ1) is 12.1. The van der Waals surface area contributed by atoms with E-state index < -0.39 is 0 Å². The number of carbonyl (C=O) groups excluding carboxylic acids is 1. The number of hydrogen-bond acceptors (Lipinski definition) is 2. The summed E-state index contributed by atoms with van der Waals surface area (Å²) in [6.07, 6.45) is 0.572. The van der Waals surface area contributed by atoms with Crippen molar-refractivity contribution >= 4 is 5.91 Å². The highest BCUT2D eigenvalue weighted by Gasteiger charge is 2.21. The number of benzene rings is 1. The molecule has 2 N–H and O–H groups in total. The fraction of sp³-hybridized carbons (Fsp3) is 0.500. The van der Waals surface area contributed by atoms with Gasteiger partial charge in [-0.2, -0.15) is 0 Å². The molecular formula is C14H20N2O. The van der Waals surface area contributed by atoms with E-state index in [0.717, 1.165) is 13.1 Å². The number of amides is 1. The molecule has 0 saturated carbocycles. The molecule has 1 heterocycles. The summed E-state index contributed by atoms with van der Waals surface area (Å²) in [6.45, 7) is 5.79. The molecule has 1 unspecified atom stereocenters. The van der Waals surface area contributed by atoms with Crippen molar-refractivity contribution < 1.29 is 4.79 Å². The molecule has 92 valence electrons. The molecule has 0 aromatic heterocycles. The summed E-state index contributed by atoms with van der Waals surface area (Å²) in [7, 11) is 0. The lowest BCUT2D eigenvalue weighted by atomic mass is 9.88. The topological polar surface area (TPSA) is 41.1 Å². The Bertz CT molecular complexity index is 401. The van der Waals surface area contributed by atoms with Crippen LogP contribution in [0.1, 0.15) is 37.3 Å². The Hall–Kier alpha value is -1.35. The molecule has 1 aliphatic heterocycles. The maximum absolute atomic E-state index is 11.8. The van der Waals surface area contributed by atoms with Gasteiger partial charge < -0.3 is 10.6 Å². The molecule has 0 spiro atoms. The molecule has 0 bridgehead atoms. The number of rotatable bonds is 3. The lowest BCUT2D eigenvalue weighted by Gasteiger charge is -2.26. The van der Waals surface area contributed by atoms with Gasteiger partial charge in [-0.25, -0.2) is 0 Å². The van der Waals surface area contributed by atoms with E-state index in [9.17, 15) is 4.79 Å². The predicted octanol–water partition coefficient (Wildman–Crippen LogP) is 1.79. The molecule has 3 nitrogen and oxygen atoms in total. The lowest BCUT2D eigenvalue weighted by molar-refractivity contribution is -0.122. The van der Waals surface area contributed by atoms with Gasteiger partial charge in [0.15, 0.2) is 0 Å². The molecule has 0 fully saturated rings. The minimum absolute atomic E-state index is 0.142. The van der Waals surface area contributed by atoms with Crippen LogP contribution in [-0.2, 0) is 11.3 Å². The highest BCUT2D eigenvalue weighted by Crippen LogP contribution is 2.26. The van der Waals surface area contributed by atoms with Crippen LogP contribution in [0.2, 0.25) is 0 Å². The van der Waals surface area contributed by atoms with Crippen LogP contribution in [0.25, 0.3) is 0 Å². The fourth-order valence-electron chi connectivity index (χ4n) is 2.37. The molecule has 2 rings (SSSR count). The summed E-state index contributed by atoms with van der Waals surface area (Å²) in [5, 5.41) is 6.32. The Morgan fingerprint density at radius 1 is 1.47 bits per heavy atom. The van der Waals surface area contributed by atoms with Crippen LogP contribution < -0.4 is 10.6 Å². The fourth-order valence-corrected chi connectivity index (χ4v) is 2.37. The summed E-state index contributed by atoms with van der Waals surface area (Å²) in [4.78, 5) is 11.8. The Labute approximate surface area is 103 Å². The van der Waals surface area contributed by atoms with E-state index in [0.29, 0.717) is 12.3 Å². The maximum Gasteiger partial charge on any atom is 0.220 e. The molecule has 17 heavy (non-hydrogen) atoms. The van der Waals surface area contributed by atoms with Crippen molar-refractivity contribution in [2.45, 2.75) is 38.8 Å². The van der Waals surface area contributed by atoms with Gasteiger partial charge in [-0.05, 0) is 25.0 Å². The van der Waals surface area contributed by atoms with Gasteiger partial charge in [0.25, 0.3) is 0 Å². The van der Waals surface area contributed by atoms with Crippen molar-refractivity contribution in [3.63, 3.8) is 0 Å².